The van der Waals surface area contributed by atoms with Crippen molar-refractivity contribution in [1.82, 2.24) is 0 Å². The van der Waals surface area contributed by atoms with Crippen molar-refractivity contribution in [3.8, 4) is 0 Å². The number of hydrogen-bond donors (Lipinski definition) is 1. The molecule has 1 aromatic rings. The molecular weight excluding hydrogens is 190 g/mol. The van der Waals surface area contributed by atoms with Crippen LogP contribution in [0.2, 0.25) is 0 Å². The lowest BCUT2D eigenvalue weighted by Gasteiger charge is -2.09. The Hall–Kier alpha value is -1.51. The van der Waals surface area contributed by atoms with Crippen LogP contribution in [0.5, 0.6) is 0 Å². The van der Waals surface area contributed by atoms with Gasteiger partial charge in [-0.1, -0.05) is 19.9 Å². The highest BCUT2D eigenvalue weighted by atomic mass is 16.5. The van der Waals surface area contributed by atoms with E-state index >= 15 is 0 Å². The van der Waals surface area contributed by atoms with Crippen molar-refractivity contribution >= 4 is 11.7 Å². The monoisotopic (exact) mass is 207 g/mol. The van der Waals surface area contributed by atoms with Gasteiger partial charge in [-0.25, -0.2) is 4.79 Å². The van der Waals surface area contributed by atoms with Crippen LogP contribution in [0, 0.1) is 5.92 Å². The summed E-state index contributed by atoms with van der Waals surface area (Å²) in [6.45, 7) is 4.27. The highest BCUT2D eigenvalue weighted by Crippen LogP contribution is 2.18. The van der Waals surface area contributed by atoms with Crippen molar-refractivity contribution in [3.63, 3.8) is 0 Å². The molecule has 0 atom stereocenters. The summed E-state index contributed by atoms with van der Waals surface area (Å²) < 4.78 is 4.62. The fourth-order valence-corrected chi connectivity index (χ4v) is 1.47. The fraction of sp³-hybridized carbons (Fsp3) is 0.417. The van der Waals surface area contributed by atoms with E-state index in [0.717, 1.165) is 12.0 Å². The molecule has 3 heteroatoms. The lowest BCUT2D eigenvalue weighted by molar-refractivity contribution is 0.0601. The van der Waals surface area contributed by atoms with E-state index in [2.05, 4.69) is 18.6 Å². The molecule has 0 radical (unpaired) electrons. The number of nitrogen functional groups attached to an aromatic ring is 1. The number of anilines is 1. The van der Waals surface area contributed by atoms with Crippen molar-refractivity contribution in [3.05, 3.63) is 29.3 Å². The average Bonchev–Trinajstić information content (AvgIpc) is 2.19. The Morgan fingerprint density at radius 1 is 1.47 bits per heavy atom. The highest BCUT2D eigenvalue weighted by Gasteiger charge is 2.08. The molecule has 0 saturated carbocycles. The van der Waals surface area contributed by atoms with Gasteiger partial charge in [0, 0.05) is 5.69 Å². The van der Waals surface area contributed by atoms with Crippen molar-refractivity contribution in [2.45, 2.75) is 20.3 Å². The second-order valence-electron chi connectivity index (χ2n) is 4.00. The Morgan fingerprint density at radius 2 is 2.13 bits per heavy atom. The molecule has 0 heterocycles. The molecular formula is C12H17NO2. The Bertz CT molecular complexity index is 359. The summed E-state index contributed by atoms with van der Waals surface area (Å²) in [5.41, 5.74) is 8.10. The molecule has 2 N–H and O–H groups in total. The number of carbonyl (C=O) groups is 1. The van der Waals surface area contributed by atoms with Gasteiger partial charge in [0.05, 0.1) is 12.7 Å². The van der Waals surface area contributed by atoms with Crippen LogP contribution in [-0.4, -0.2) is 13.1 Å². The Kier molecular flexibility index (Phi) is 3.72. The van der Waals surface area contributed by atoms with Crippen molar-refractivity contribution < 1.29 is 9.53 Å². The van der Waals surface area contributed by atoms with Gasteiger partial charge in [-0.05, 0) is 30.0 Å². The van der Waals surface area contributed by atoms with E-state index in [1.54, 1.807) is 12.1 Å². The standard InChI is InChI=1S/C12H17NO2/c1-8(2)6-9-4-5-10(7-11(9)13)12(14)15-3/h4-5,7-8H,6,13H2,1-3H3. The van der Waals surface area contributed by atoms with Gasteiger partial charge < -0.3 is 10.5 Å². The Balaban J connectivity index is 2.93. The summed E-state index contributed by atoms with van der Waals surface area (Å²) in [5.74, 6) is 0.203. The molecule has 0 aromatic heterocycles. The zero-order chi connectivity index (χ0) is 11.4. The van der Waals surface area contributed by atoms with Gasteiger partial charge in [0.2, 0.25) is 0 Å². The first-order valence-corrected chi connectivity index (χ1v) is 5.01. The lowest BCUT2D eigenvalue weighted by Crippen LogP contribution is -2.05. The minimum absolute atomic E-state index is 0.349. The maximum atomic E-state index is 11.2. The van der Waals surface area contributed by atoms with Crippen LogP contribution in [0.1, 0.15) is 29.8 Å². The van der Waals surface area contributed by atoms with Crippen LogP contribution >= 0.6 is 0 Å². The largest absolute Gasteiger partial charge is 0.465 e. The number of rotatable bonds is 3. The summed E-state index contributed by atoms with van der Waals surface area (Å²) in [5, 5.41) is 0. The number of hydrogen-bond acceptors (Lipinski definition) is 3. The molecule has 0 unspecified atom stereocenters. The number of carbonyl (C=O) groups excluding carboxylic acids is 1. The van der Waals surface area contributed by atoms with Crippen molar-refractivity contribution in [2.75, 3.05) is 12.8 Å². The summed E-state index contributed by atoms with van der Waals surface area (Å²) in [7, 11) is 1.36. The average molecular weight is 207 g/mol. The minimum atomic E-state index is -0.349. The number of benzene rings is 1. The summed E-state index contributed by atoms with van der Waals surface area (Å²) in [6.07, 6.45) is 0.924. The molecule has 0 spiro atoms. The van der Waals surface area contributed by atoms with E-state index < -0.39 is 0 Å². The SMILES string of the molecule is COC(=O)c1ccc(CC(C)C)c(N)c1. The first kappa shape index (κ1) is 11.6. The second kappa shape index (κ2) is 4.82. The quantitative estimate of drug-likeness (QED) is 0.611. The van der Waals surface area contributed by atoms with Gasteiger partial charge in [0.25, 0.3) is 0 Å². The highest BCUT2D eigenvalue weighted by molar-refractivity contribution is 5.90. The van der Waals surface area contributed by atoms with Crippen molar-refractivity contribution in [2.24, 2.45) is 5.92 Å². The molecule has 15 heavy (non-hydrogen) atoms. The maximum absolute atomic E-state index is 11.2. The fourth-order valence-electron chi connectivity index (χ4n) is 1.47. The van der Waals surface area contributed by atoms with Gasteiger partial charge in [0.1, 0.15) is 0 Å². The number of nitrogens with two attached hydrogens (primary N) is 1. The normalized spacial score (nSPS) is 10.4. The predicted octanol–water partition coefficient (Wildman–Crippen LogP) is 2.25. The third-order valence-electron chi connectivity index (χ3n) is 2.20. The molecule has 3 nitrogen and oxygen atoms in total. The first-order chi connectivity index (χ1) is 7.04. The first-order valence-electron chi connectivity index (χ1n) is 5.01. The minimum Gasteiger partial charge on any atom is -0.465 e. The van der Waals surface area contributed by atoms with E-state index in [-0.39, 0.29) is 5.97 Å². The summed E-state index contributed by atoms with van der Waals surface area (Å²) in [4.78, 5) is 11.2. The molecule has 0 bridgehead atoms. The molecule has 1 rings (SSSR count). The lowest BCUT2D eigenvalue weighted by atomic mass is 10.00. The van der Waals surface area contributed by atoms with E-state index in [1.807, 2.05) is 6.07 Å². The second-order valence-corrected chi connectivity index (χ2v) is 4.00. The van der Waals surface area contributed by atoms with Crippen LogP contribution in [0.4, 0.5) is 5.69 Å². The third-order valence-corrected chi connectivity index (χ3v) is 2.20. The van der Waals surface area contributed by atoms with Gasteiger partial charge in [-0.3, -0.25) is 0 Å². The molecule has 0 fully saturated rings. The molecule has 0 aliphatic heterocycles. The third kappa shape index (κ3) is 2.98. The molecule has 0 aliphatic rings. The Labute approximate surface area is 90.2 Å². The zero-order valence-corrected chi connectivity index (χ0v) is 9.41. The number of esters is 1. The van der Waals surface area contributed by atoms with Crippen LogP contribution < -0.4 is 5.73 Å². The summed E-state index contributed by atoms with van der Waals surface area (Å²) in [6, 6.07) is 5.31. The molecule has 0 aliphatic carbocycles. The Morgan fingerprint density at radius 3 is 2.60 bits per heavy atom. The zero-order valence-electron chi connectivity index (χ0n) is 9.41. The van der Waals surface area contributed by atoms with Crippen LogP contribution in [0.15, 0.2) is 18.2 Å². The van der Waals surface area contributed by atoms with E-state index in [9.17, 15) is 4.79 Å². The van der Waals surface area contributed by atoms with Crippen LogP contribution in [-0.2, 0) is 11.2 Å². The van der Waals surface area contributed by atoms with Crippen LogP contribution in [0.3, 0.4) is 0 Å². The molecule has 0 amide bonds. The van der Waals surface area contributed by atoms with E-state index in [0.29, 0.717) is 17.2 Å². The van der Waals surface area contributed by atoms with Crippen molar-refractivity contribution in [1.29, 1.82) is 0 Å². The molecule has 0 saturated heterocycles. The topological polar surface area (TPSA) is 52.3 Å². The molecule has 1 aromatic carbocycles. The number of ether oxygens (including phenoxy) is 1. The van der Waals surface area contributed by atoms with Gasteiger partial charge >= 0.3 is 5.97 Å². The van der Waals surface area contributed by atoms with E-state index in [4.69, 9.17) is 5.73 Å². The summed E-state index contributed by atoms with van der Waals surface area (Å²) >= 11 is 0. The van der Waals surface area contributed by atoms with Crippen LogP contribution in [0.25, 0.3) is 0 Å². The van der Waals surface area contributed by atoms with Gasteiger partial charge in [-0.15, -0.1) is 0 Å². The number of methoxy groups -OCH3 is 1. The van der Waals surface area contributed by atoms with Gasteiger partial charge in [0.15, 0.2) is 0 Å². The van der Waals surface area contributed by atoms with E-state index in [1.165, 1.54) is 7.11 Å². The predicted molar refractivity (Wildman–Crippen MR) is 60.7 cm³/mol. The maximum Gasteiger partial charge on any atom is 0.337 e. The molecule has 82 valence electrons. The smallest absolute Gasteiger partial charge is 0.337 e. The van der Waals surface area contributed by atoms with Gasteiger partial charge in [-0.2, -0.15) is 0 Å².